The number of hydrogen-bond acceptors (Lipinski definition) is 5. The van der Waals surface area contributed by atoms with Crippen molar-refractivity contribution in [2.75, 3.05) is 5.75 Å². The van der Waals surface area contributed by atoms with Crippen molar-refractivity contribution in [3.05, 3.63) is 62.9 Å². The van der Waals surface area contributed by atoms with E-state index < -0.39 is 4.92 Å². The molecule has 0 spiro atoms. The number of nitrogens with zero attached hydrogens (tertiary/aromatic N) is 3. The fraction of sp³-hybridized carbons (Fsp3) is 0.158. The standard InChI is InChI=1S/C19H15N3O3S2/c1-3-11-21-15-10-9-13(22(24)25)12-17(15)27-19(21)20-18(23)14-7-5-6-8-16(14)26-4-2/h1,5-10,12H,4,11H2,2H3. The molecule has 0 unspecified atom stereocenters. The van der Waals surface area contributed by atoms with Crippen LogP contribution in [0.25, 0.3) is 10.2 Å². The molecule has 136 valence electrons. The van der Waals surface area contributed by atoms with Crippen LogP contribution in [0.4, 0.5) is 5.69 Å². The van der Waals surface area contributed by atoms with E-state index in [9.17, 15) is 14.9 Å². The Morgan fingerprint density at radius 1 is 1.37 bits per heavy atom. The van der Waals surface area contributed by atoms with E-state index in [1.807, 2.05) is 19.1 Å². The second-order valence-electron chi connectivity index (χ2n) is 5.43. The number of benzene rings is 2. The van der Waals surface area contributed by atoms with Gasteiger partial charge in [0.05, 0.1) is 27.2 Å². The Labute approximate surface area is 163 Å². The number of carbonyl (C=O) groups excluding carboxylic acids is 1. The maximum Gasteiger partial charge on any atom is 0.280 e. The Morgan fingerprint density at radius 2 is 2.15 bits per heavy atom. The van der Waals surface area contributed by atoms with Gasteiger partial charge in [0.15, 0.2) is 4.80 Å². The first kappa shape index (κ1) is 18.9. The molecule has 0 radical (unpaired) electrons. The zero-order valence-electron chi connectivity index (χ0n) is 14.4. The molecule has 8 heteroatoms. The summed E-state index contributed by atoms with van der Waals surface area (Å²) >= 11 is 2.78. The SMILES string of the molecule is C#CCn1c(=NC(=O)c2ccccc2SCC)sc2cc([N+](=O)[O-])ccc21. The minimum atomic E-state index is -0.454. The van der Waals surface area contributed by atoms with Crippen LogP contribution >= 0.6 is 23.1 Å². The second kappa shape index (κ2) is 8.20. The van der Waals surface area contributed by atoms with Crippen LogP contribution in [-0.2, 0) is 6.54 Å². The van der Waals surface area contributed by atoms with Crippen LogP contribution in [0.15, 0.2) is 52.4 Å². The van der Waals surface area contributed by atoms with Gasteiger partial charge in [0.1, 0.15) is 0 Å². The summed E-state index contributed by atoms with van der Waals surface area (Å²) in [5.41, 5.74) is 1.23. The summed E-state index contributed by atoms with van der Waals surface area (Å²) in [6, 6.07) is 11.8. The monoisotopic (exact) mass is 397 g/mol. The van der Waals surface area contributed by atoms with E-state index in [0.717, 1.165) is 10.6 Å². The number of amides is 1. The van der Waals surface area contributed by atoms with Crippen molar-refractivity contribution in [3.8, 4) is 12.3 Å². The van der Waals surface area contributed by atoms with E-state index in [1.54, 1.807) is 34.5 Å². The smallest absolute Gasteiger partial charge is 0.280 e. The molecule has 1 amide bonds. The van der Waals surface area contributed by atoms with Gasteiger partial charge in [0.2, 0.25) is 0 Å². The molecule has 3 aromatic rings. The van der Waals surface area contributed by atoms with E-state index in [2.05, 4.69) is 10.9 Å². The Bertz CT molecular complexity index is 1140. The summed E-state index contributed by atoms with van der Waals surface area (Å²) in [5, 5.41) is 11.0. The van der Waals surface area contributed by atoms with Crippen molar-refractivity contribution in [2.45, 2.75) is 18.4 Å². The summed E-state index contributed by atoms with van der Waals surface area (Å²) in [7, 11) is 0. The first-order chi connectivity index (χ1) is 13.0. The minimum Gasteiger partial charge on any atom is -0.305 e. The Morgan fingerprint density at radius 3 is 2.85 bits per heavy atom. The highest BCUT2D eigenvalue weighted by Crippen LogP contribution is 2.25. The second-order valence-corrected chi connectivity index (χ2v) is 7.75. The van der Waals surface area contributed by atoms with Crippen molar-refractivity contribution in [3.63, 3.8) is 0 Å². The molecule has 3 rings (SSSR count). The third-order valence-corrected chi connectivity index (χ3v) is 5.74. The molecule has 2 aromatic carbocycles. The molecule has 0 bridgehead atoms. The van der Waals surface area contributed by atoms with Gasteiger partial charge < -0.3 is 4.57 Å². The Hall–Kier alpha value is -2.89. The fourth-order valence-corrected chi connectivity index (χ4v) is 4.43. The van der Waals surface area contributed by atoms with Gasteiger partial charge in [-0.15, -0.1) is 18.2 Å². The molecule has 1 heterocycles. The lowest BCUT2D eigenvalue weighted by Crippen LogP contribution is -2.16. The molecule has 0 saturated carbocycles. The number of carbonyl (C=O) groups is 1. The van der Waals surface area contributed by atoms with Crippen molar-refractivity contribution in [2.24, 2.45) is 4.99 Å². The fourth-order valence-electron chi connectivity index (χ4n) is 2.58. The molecule has 0 saturated heterocycles. The van der Waals surface area contributed by atoms with E-state index in [-0.39, 0.29) is 18.1 Å². The van der Waals surface area contributed by atoms with Crippen LogP contribution in [0, 0.1) is 22.5 Å². The number of non-ortho nitro benzene ring substituents is 1. The molecule has 0 aliphatic carbocycles. The molecular formula is C19H15N3O3S2. The van der Waals surface area contributed by atoms with E-state index in [1.165, 1.54) is 23.5 Å². The average molecular weight is 397 g/mol. The summed E-state index contributed by atoms with van der Waals surface area (Å²) in [4.78, 5) is 28.9. The van der Waals surface area contributed by atoms with Gasteiger partial charge in [-0.2, -0.15) is 4.99 Å². The highest BCUT2D eigenvalue weighted by atomic mass is 32.2. The maximum absolute atomic E-state index is 12.8. The van der Waals surface area contributed by atoms with Gasteiger partial charge in [0, 0.05) is 17.0 Å². The van der Waals surface area contributed by atoms with Crippen molar-refractivity contribution < 1.29 is 9.72 Å². The Kier molecular flexibility index (Phi) is 5.74. The average Bonchev–Trinajstić information content (AvgIpc) is 2.99. The molecule has 0 aliphatic rings. The number of aromatic nitrogens is 1. The summed E-state index contributed by atoms with van der Waals surface area (Å²) in [5.74, 6) is 3.02. The lowest BCUT2D eigenvalue weighted by atomic mass is 10.2. The molecule has 27 heavy (non-hydrogen) atoms. The van der Waals surface area contributed by atoms with E-state index in [0.29, 0.717) is 20.6 Å². The van der Waals surface area contributed by atoms with Crippen LogP contribution in [0.5, 0.6) is 0 Å². The molecular weight excluding hydrogens is 382 g/mol. The highest BCUT2D eigenvalue weighted by molar-refractivity contribution is 7.99. The number of nitro benzene ring substituents is 1. The number of thioether (sulfide) groups is 1. The highest BCUT2D eigenvalue weighted by Gasteiger charge is 2.14. The quantitative estimate of drug-likeness (QED) is 0.281. The largest absolute Gasteiger partial charge is 0.305 e. The van der Waals surface area contributed by atoms with Gasteiger partial charge >= 0.3 is 0 Å². The molecule has 6 nitrogen and oxygen atoms in total. The third-order valence-electron chi connectivity index (χ3n) is 3.74. The predicted octanol–water partition coefficient (Wildman–Crippen LogP) is 4.10. The predicted molar refractivity (Wildman–Crippen MR) is 108 cm³/mol. The zero-order chi connectivity index (χ0) is 19.4. The van der Waals surface area contributed by atoms with Crippen LogP contribution < -0.4 is 4.80 Å². The third kappa shape index (κ3) is 3.94. The first-order valence-corrected chi connectivity index (χ1v) is 9.87. The zero-order valence-corrected chi connectivity index (χ0v) is 16.0. The van der Waals surface area contributed by atoms with Crippen LogP contribution in [0.2, 0.25) is 0 Å². The maximum atomic E-state index is 12.8. The van der Waals surface area contributed by atoms with Crippen LogP contribution in [0.3, 0.4) is 0 Å². The summed E-state index contributed by atoms with van der Waals surface area (Å²) < 4.78 is 2.37. The van der Waals surface area contributed by atoms with Crippen LogP contribution in [-0.4, -0.2) is 21.2 Å². The minimum absolute atomic E-state index is 0.0147. The van der Waals surface area contributed by atoms with Gasteiger partial charge in [-0.05, 0) is 24.0 Å². The number of fused-ring (bicyclic) bond motifs is 1. The molecule has 0 atom stereocenters. The van der Waals surface area contributed by atoms with Crippen molar-refractivity contribution in [1.82, 2.24) is 4.57 Å². The molecule has 1 aromatic heterocycles. The normalized spacial score (nSPS) is 11.5. The Balaban J connectivity index is 2.15. The van der Waals surface area contributed by atoms with Crippen LogP contribution in [0.1, 0.15) is 17.3 Å². The topological polar surface area (TPSA) is 77.5 Å². The van der Waals surface area contributed by atoms with Gasteiger partial charge in [-0.3, -0.25) is 14.9 Å². The van der Waals surface area contributed by atoms with Gasteiger partial charge in [-0.25, -0.2) is 0 Å². The first-order valence-electron chi connectivity index (χ1n) is 8.07. The van der Waals surface area contributed by atoms with Gasteiger partial charge in [0.25, 0.3) is 11.6 Å². The number of thiazole rings is 1. The number of terminal acetylenes is 1. The van der Waals surface area contributed by atoms with E-state index in [4.69, 9.17) is 6.42 Å². The summed E-state index contributed by atoms with van der Waals surface area (Å²) in [6.45, 7) is 2.23. The lowest BCUT2D eigenvalue weighted by molar-refractivity contribution is -0.384. The van der Waals surface area contributed by atoms with E-state index >= 15 is 0 Å². The number of rotatable bonds is 5. The van der Waals surface area contributed by atoms with Crippen molar-refractivity contribution >= 4 is 44.9 Å². The number of nitro groups is 1. The molecule has 0 fully saturated rings. The molecule has 0 N–H and O–H groups in total. The number of hydrogen-bond donors (Lipinski definition) is 0. The molecule has 0 aliphatic heterocycles. The lowest BCUT2D eigenvalue weighted by Gasteiger charge is -2.04. The summed E-state index contributed by atoms with van der Waals surface area (Å²) in [6.07, 6.45) is 5.46. The van der Waals surface area contributed by atoms with Crippen molar-refractivity contribution in [1.29, 1.82) is 0 Å². The van der Waals surface area contributed by atoms with Gasteiger partial charge in [-0.1, -0.05) is 36.3 Å².